The molecule has 7 nitrogen and oxygen atoms in total. The lowest BCUT2D eigenvalue weighted by Gasteiger charge is -2.34. The first kappa shape index (κ1) is 24.5. The fourth-order valence-electron chi connectivity index (χ4n) is 5.95. The topological polar surface area (TPSA) is 96.8 Å². The molecule has 2 saturated heterocycles. The van der Waals surface area contributed by atoms with E-state index < -0.39 is 12.0 Å². The quantitative estimate of drug-likeness (QED) is 0.387. The minimum Gasteiger partial charge on any atom is -0.382 e. The Bertz CT molecular complexity index is 1520. The summed E-state index contributed by atoms with van der Waals surface area (Å²) < 4.78 is 28.4. The molecule has 0 unspecified atom stereocenters. The van der Waals surface area contributed by atoms with Crippen LogP contribution < -0.4 is 5.73 Å². The number of benzene rings is 2. The number of halogens is 2. The van der Waals surface area contributed by atoms with Crippen LogP contribution >= 0.6 is 0 Å². The molecule has 3 atom stereocenters. The minimum absolute atomic E-state index is 0.0819. The van der Waals surface area contributed by atoms with Crippen molar-refractivity contribution >= 4 is 17.2 Å². The number of piperidine rings is 1. The average molecular weight is 518 g/mol. The number of imidazole rings is 1. The van der Waals surface area contributed by atoms with E-state index in [1.165, 1.54) is 18.2 Å². The highest BCUT2D eigenvalue weighted by Gasteiger charge is 2.38. The molecule has 4 aromatic rings. The Morgan fingerprint density at radius 3 is 2.66 bits per heavy atom. The average Bonchev–Trinajstić information content (AvgIpc) is 3.50. The third-order valence-electron chi connectivity index (χ3n) is 8.11. The lowest BCUT2D eigenvalue weighted by molar-refractivity contribution is -0.130. The lowest BCUT2D eigenvalue weighted by Crippen LogP contribution is -2.41. The van der Waals surface area contributed by atoms with E-state index >= 15 is 0 Å². The highest BCUT2D eigenvalue weighted by atomic mass is 19.3. The van der Waals surface area contributed by atoms with E-state index in [0.29, 0.717) is 47.2 Å². The Hall–Kier alpha value is -3.85. The Kier molecular flexibility index (Phi) is 5.90. The van der Waals surface area contributed by atoms with Crippen LogP contribution in [-0.4, -0.2) is 42.9 Å². The summed E-state index contributed by atoms with van der Waals surface area (Å²) in [6, 6.07) is 13.4. The zero-order chi connectivity index (χ0) is 26.6. The number of alkyl halides is 2. The molecule has 4 heterocycles. The number of carbonyl (C=O) groups excluding carboxylic acids is 1. The minimum atomic E-state index is -2.62. The Morgan fingerprint density at radius 2 is 1.89 bits per heavy atom. The van der Waals surface area contributed by atoms with E-state index in [1.807, 2.05) is 27.6 Å². The third kappa shape index (κ3) is 4.01. The molecule has 0 aliphatic carbocycles. The van der Waals surface area contributed by atoms with Gasteiger partial charge >= 0.3 is 0 Å². The number of rotatable bonds is 5. The molecule has 0 saturated carbocycles. The van der Waals surface area contributed by atoms with Crippen molar-refractivity contribution in [2.45, 2.75) is 56.6 Å². The number of amides is 1. The molecule has 0 spiro atoms. The van der Waals surface area contributed by atoms with Crippen LogP contribution in [0.5, 0.6) is 0 Å². The van der Waals surface area contributed by atoms with Crippen molar-refractivity contribution in [3.05, 3.63) is 83.4 Å². The van der Waals surface area contributed by atoms with Crippen LogP contribution in [0.3, 0.4) is 0 Å². The summed E-state index contributed by atoms with van der Waals surface area (Å²) in [5.41, 5.74) is 7.83. The molecule has 1 amide bonds. The predicted molar refractivity (Wildman–Crippen MR) is 140 cm³/mol. The van der Waals surface area contributed by atoms with Gasteiger partial charge in [-0.05, 0) is 43.4 Å². The number of nitrogens with two attached hydrogens (primary N) is 1. The molecule has 2 aromatic carbocycles. The Balaban J connectivity index is 1.36. The second-order valence-corrected chi connectivity index (χ2v) is 10.4. The second kappa shape index (κ2) is 9.16. The van der Waals surface area contributed by atoms with Crippen molar-refractivity contribution in [2.75, 3.05) is 12.3 Å². The molecule has 2 fully saturated rings. The second-order valence-electron chi connectivity index (χ2n) is 10.4. The standard InChI is InChI=1S/C29H29F2N5O2/c1-29(38,21-4-2-3-18(15-21)26(30)31)20-8-5-17(6-9-20)24-25-27(32)33-13-14-35(25)28(34-24)19-7-10-22-11-12-23(37)36(22)16-19/h2-6,8-9,13-15,19,22,26,38H,7,10-12,16H2,1H3,(H2,32,33)/t19-,22+,29+/m1/s1. The van der Waals surface area contributed by atoms with Gasteiger partial charge in [-0.1, -0.05) is 42.5 Å². The van der Waals surface area contributed by atoms with Gasteiger partial charge in [0.05, 0.1) is 0 Å². The van der Waals surface area contributed by atoms with Crippen molar-refractivity contribution in [3.63, 3.8) is 0 Å². The maximum Gasteiger partial charge on any atom is 0.263 e. The summed E-state index contributed by atoms with van der Waals surface area (Å²) in [7, 11) is 0. The number of carbonyl (C=O) groups is 1. The maximum absolute atomic E-state index is 13.2. The van der Waals surface area contributed by atoms with E-state index in [9.17, 15) is 18.7 Å². The Labute approximate surface area is 218 Å². The van der Waals surface area contributed by atoms with E-state index in [4.69, 9.17) is 10.7 Å². The van der Waals surface area contributed by atoms with Crippen LogP contribution in [0.25, 0.3) is 16.8 Å². The molecule has 6 rings (SSSR count). The van der Waals surface area contributed by atoms with Crippen LogP contribution in [0, 0.1) is 0 Å². The van der Waals surface area contributed by atoms with Crippen LogP contribution in [0.1, 0.15) is 67.5 Å². The van der Waals surface area contributed by atoms with Gasteiger partial charge in [-0.3, -0.25) is 9.20 Å². The van der Waals surface area contributed by atoms with E-state index in [0.717, 1.165) is 30.7 Å². The molecule has 196 valence electrons. The normalized spacial score (nSPS) is 21.2. The van der Waals surface area contributed by atoms with Gasteiger partial charge in [-0.25, -0.2) is 18.7 Å². The van der Waals surface area contributed by atoms with E-state index in [2.05, 4.69) is 4.98 Å². The summed E-state index contributed by atoms with van der Waals surface area (Å²) in [5, 5.41) is 11.3. The van der Waals surface area contributed by atoms with Crippen molar-refractivity contribution < 1.29 is 18.7 Å². The highest BCUT2D eigenvalue weighted by molar-refractivity contribution is 5.85. The largest absolute Gasteiger partial charge is 0.382 e. The summed E-state index contributed by atoms with van der Waals surface area (Å²) in [4.78, 5) is 23.7. The number of aliphatic hydroxyl groups is 1. The fraction of sp³-hybridized carbons (Fsp3) is 0.345. The zero-order valence-corrected chi connectivity index (χ0v) is 21.0. The summed E-state index contributed by atoms with van der Waals surface area (Å²) in [6.07, 6.45) is 4.33. The highest BCUT2D eigenvalue weighted by Crippen LogP contribution is 2.39. The molecule has 9 heteroatoms. The molecule has 3 N–H and O–H groups in total. The summed E-state index contributed by atoms with van der Waals surface area (Å²) in [5.74, 6) is 1.50. The number of anilines is 1. The van der Waals surface area contributed by atoms with Crippen molar-refractivity contribution in [3.8, 4) is 11.3 Å². The first-order valence-electron chi connectivity index (χ1n) is 12.9. The van der Waals surface area contributed by atoms with Crippen molar-refractivity contribution in [1.82, 2.24) is 19.3 Å². The monoisotopic (exact) mass is 517 g/mol. The van der Waals surface area contributed by atoms with Gasteiger partial charge < -0.3 is 15.7 Å². The fourth-order valence-corrected chi connectivity index (χ4v) is 5.95. The number of hydrogen-bond acceptors (Lipinski definition) is 5. The van der Waals surface area contributed by atoms with Gasteiger partial charge in [0, 0.05) is 48.4 Å². The molecule has 2 aliphatic rings. The Morgan fingerprint density at radius 1 is 1.11 bits per heavy atom. The third-order valence-corrected chi connectivity index (χ3v) is 8.11. The number of nitrogens with zero attached hydrogens (tertiary/aromatic N) is 4. The van der Waals surface area contributed by atoms with Crippen LogP contribution in [0.2, 0.25) is 0 Å². The lowest BCUT2D eigenvalue weighted by atomic mass is 9.87. The summed E-state index contributed by atoms with van der Waals surface area (Å²) in [6.45, 7) is 2.23. The SMILES string of the molecule is C[C@](O)(c1ccc(-c2nc([C@@H]3CC[C@H]4CCC(=O)N4C3)n3ccnc(N)c23)cc1)c1cccc(C(F)F)c1. The van der Waals surface area contributed by atoms with Crippen LogP contribution in [-0.2, 0) is 10.4 Å². The number of hydrogen-bond donors (Lipinski definition) is 2. The molecular weight excluding hydrogens is 488 g/mol. The first-order chi connectivity index (χ1) is 18.2. The number of nitrogen functional groups attached to an aromatic ring is 1. The summed E-state index contributed by atoms with van der Waals surface area (Å²) >= 11 is 0. The molecule has 38 heavy (non-hydrogen) atoms. The molecule has 2 aromatic heterocycles. The van der Waals surface area contributed by atoms with Gasteiger partial charge in [-0.2, -0.15) is 0 Å². The molecular formula is C29H29F2N5O2. The van der Waals surface area contributed by atoms with Gasteiger partial charge in [0.15, 0.2) is 0 Å². The first-order valence-corrected chi connectivity index (χ1v) is 12.9. The van der Waals surface area contributed by atoms with E-state index in [-0.39, 0.29) is 17.4 Å². The number of fused-ring (bicyclic) bond motifs is 2. The van der Waals surface area contributed by atoms with Gasteiger partial charge in [0.1, 0.15) is 28.5 Å². The molecule has 0 bridgehead atoms. The van der Waals surface area contributed by atoms with Crippen LogP contribution in [0.15, 0.2) is 60.9 Å². The van der Waals surface area contributed by atoms with E-state index in [1.54, 1.807) is 31.3 Å². The zero-order valence-electron chi connectivity index (χ0n) is 21.0. The number of aromatic nitrogens is 3. The van der Waals surface area contributed by atoms with Crippen LogP contribution in [0.4, 0.5) is 14.6 Å². The van der Waals surface area contributed by atoms with Gasteiger partial charge in [0.2, 0.25) is 5.91 Å². The predicted octanol–water partition coefficient (Wildman–Crippen LogP) is 5.04. The smallest absolute Gasteiger partial charge is 0.263 e. The van der Waals surface area contributed by atoms with Crippen molar-refractivity contribution in [1.29, 1.82) is 0 Å². The van der Waals surface area contributed by atoms with Gasteiger partial charge in [-0.15, -0.1) is 0 Å². The molecule has 0 radical (unpaired) electrons. The van der Waals surface area contributed by atoms with Gasteiger partial charge in [0.25, 0.3) is 6.43 Å². The van der Waals surface area contributed by atoms with Crippen molar-refractivity contribution in [2.24, 2.45) is 0 Å². The maximum atomic E-state index is 13.2. The molecule has 2 aliphatic heterocycles.